The highest BCUT2D eigenvalue weighted by atomic mass is 32.2. The van der Waals surface area contributed by atoms with Crippen molar-refractivity contribution in [3.63, 3.8) is 0 Å². The van der Waals surface area contributed by atoms with Crippen molar-refractivity contribution < 1.29 is 21.6 Å². The highest BCUT2D eigenvalue weighted by molar-refractivity contribution is 7.89. The standard InChI is InChI=1S/C15H14F3NO2S/c1-10(11-6-4-3-5-7-11)19(2)22(20,21)13-9-8-12(16)14(17)15(13)18/h3-10H,1-2H3. The molecule has 0 radical (unpaired) electrons. The smallest absolute Gasteiger partial charge is 0.207 e. The van der Waals surface area contributed by atoms with E-state index in [1.165, 1.54) is 7.05 Å². The van der Waals surface area contributed by atoms with Gasteiger partial charge in [-0.2, -0.15) is 4.31 Å². The molecule has 0 heterocycles. The van der Waals surface area contributed by atoms with Crippen LogP contribution in [0.4, 0.5) is 13.2 Å². The molecule has 0 aliphatic heterocycles. The van der Waals surface area contributed by atoms with E-state index in [0.29, 0.717) is 11.6 Å². The number of halogens is 3. The molecular formula is C15H14F3NO2S. The van der Waals surface area contributed by atoms with Crippen LogP contribution >= 0.6 is 0 Å². The Balaban J connectivity index is 2.45. The monoisotopic (exact) mass is 329 g/mol. The van der Waals surface area contributed by atoms with E-state index in [-0.39, 0.29) is 0 Å². The van der Waals surface area contributed by atoms with E-state index in [2.05, 4.69) is 0 Å². The van der Waals surface area contributed by atoms with Crippen LogP contribution in [0, 0.1) is 17.5 Å². The van der Waals surface area contributed by atoms with Crippen LogP contribution in [0.1, 0.15) is 18.5 Å². The molecule has 22 heavy (non-hydrogen) atoms. The van der Waals surface area contributed by atoms with Gasteiger partial charge in [-0.15, -0.1) is 0 Å². The Morgan fingerprint density at radius 3 is 2.14 bits per heavy atom. The molecule has 0 aliphatic rings. The second kappa shape index (κ2) is 6.10. The van der Waals surface area contributed by atoms with Gasteiger partial charge in [0.25, 0.3) is 0 Å². The van der Waals surface area contributed by atoms with Gasteiger partial charge in [0.2, 0.25) is 10.0 Å². The minimum absolute atomic E-state index is 0.590. The third-order valence-electron chi connectivity index (χ3n) is 3.48. The van der Waals surface area contributed by atoms with Gasteiger partial charge in [-0.05, 0) is 24.6 Å². The summed E-state index contributed by atoms with van der Waals surface area (Å²) in [6.45, 7) is 1.62. The predicted molar refractivity (Wildman–Crippen MR) is 76.1 cm³/mol. The minimum Gasteiger partial charge on any atom is -0.207 e. The fourth-order valence-electron chi connectivity index (χ4n) is 2.01. The van der Waals surface area contributed by atoms with E-state index in [9.17, 15) is 21.6 Å². The van der Waals surface area contributed by atoms with Crippen LogP contribution in [0.5, 0.6) is 0 Å². The van der Waals surface area contributed by atoms with Crippen molar-refractivity contribution in [2.24, 2.45) is 0 Å². The van der Waals surface area contributed by atoms with Gasteiger partial charge in [-0.25, -0.2) is 21.6 Å². The maximum atomic E-state index is 13.8. The van der Waals surface area contributed by atoms with Crippen molar-refractivity contribution in [1.82, 2.24) is 4.31 Å². The molecule has 0 amide bonds. The van der Waals surface area contributed by atoms with Gasteiger partial charge in [0.15, 0.2) is 17.5 Å². The van der Waals surface area contributed by atoms with Gasteiger partial charge < -0.3 is 0 Å². The molecule has 1 unspecified atom stereocenters. The molecule has 2 aromatic rings. The summed E-state index contributed by atoms with van der Waals surface area (Å²) in [6, 6.07) is 9.41. The van der Waals surface area contributed by atoms with Crippen molar-refractivity contribution in [3.05, 3.63) is 65.5 Å². The Labute approximate surface area is 127 Å². The molecule has 2 rings (SSSR count). The fourth-order valence-corrected chi connectivity index (χ4v) is 3.42. The van der Waals surface area contributed by atoms with Gasteiger partial charge in [-0.1, -0.05) is 30.3 Å². The van der Waals surface area contributed by atoms with Gasteiger partial charge in [-0.3, -0.25) is 0 Å². The van der Waals surface area contributed by atoms with Crippen LogP contribution in [0.2, 0.25) is 0 Å². The largest absolute Gasteiger partial charge is 0.246 e. The first kappa shape index (κ1) is 16.5. The summed E-state index contributed by atoms with van der Waals surface area (Å²) >= 11 is 0. The zero-order valence-corrected chi connectivity index (χ0v) is 12.7. The highest BCUT2D eigenvalue weighted by Crippen LogP contribution is 2.28. The van der Waals surface area contributed by atoms with Crippen LogP contribution in [0.25, 0.3) is 0 Å². The molecule has 0 aliphatic carbocycles. The molecular weight excluding hydrogens is 315 g/mol. The summed E-state index contributed by atoms with van der Waals surface area (Å²) in [5, 5.41) is 0. The highest BCUT2D eigenvalue weighted by Gasteiger charge is 2.31. The Morgan fingerprint density at radius 1 is 0.955 bits per heavy atom. The topological polar surface area (TPSA) is 37.4 Å². The first-order valence-electron chi connectivity index (χ1n) is 6.43. The van der Waals surface area contributed by atoms with Crippen molar-refractivity contribution in [2.75, 3.05) is 7.05 Å². The summed E-state index contributed by atoms with van der Waals surface area (Å²) in [7, 11) is -3.05. The number of rotatable bonds is 4. The van der Waals surface area contributed by atoms with Gasteiger partial charge in [0, 0.05) is 13.1 Å². The van der Waals surface area contributed by atoms with E-state index in [1.54, 1.807) is 37.3 Å². The van der Waals surface area contributed by atoms with E-state index >= 15 is 0 Å². The molecule has 118 valence electrons. The lowest BCUT2D eigenvalue weighted by Gasteiger charge is -2.25. The lowest BCUT2D eigenvalue weighted by molar-refractivity contribution is 0.388. The normalized spacial score (nSPS) is 13.4. The summed E-state index contributed by atoms with van der Waals surface area (Å²) in [4.78, 5) is -0.892. The lowest BCUT2D eigenvalue weighted by Crippen LogP contribution is -2.30. The maximum Gasteiger partial charge on any atom is 0.246 e. The van der Waals surface area contributed by atoms with Crippen LogP contribution in [-0.2, 0) is 10.0 Å². The number of nitrogens with zero attached hydrogens (tertiary/aromatic N) is 1. The molecule has 1 atom stereocenters. The molecule has 0 N–H and O–H groups in total. The van der Waals surface area contributed by atoms with Gasteiger partial charge in [0.1, 0.15) is 4.90 Å². The molecule has 0 fully saturated rings. The average Bonchev–Trinajstić information content (AvgIpc) is 2.51. The minimum atomic E-state index is -4.30. The lowest BCUT2D eigenvalue weighted by atomic mass is 10.1. The first-order chi connectivity index (χ1) is 10.3. The first-order valence-corrected chi connectivity index (χ1v) is 7.87. The second-order valence-corrected chi connectivity index (χ2v) is 6.75. The van der Waals surface area contributed by atoms with Gasteiger partial charge in [0.05, 0.1) is 0 Å². The number of benzene rings is 2. The van der Waals surface area contributed by atoms with Crippen LogP contribution in [0.15, 0.2) is 47.4 Å². The van der Waals surface area contributed by atoms with Crippen molar-refractivity contribution in [3.8, 4) is 0 Å². The summed E-state index contributed by atoms with van der Waals surface area (Å²) in [5.41, 5.74) is 0.691. The zero-order chi connectivity index (χ0) is 16.5. The SMILES string of the molecule is CC(c1ccccc1)N(C)S(=O)(=O)c1ccc(F)c(F)c1F. The predicted octanol–water partition coefficient (Wildman–Crippen LogP) is 3.49. The van der Waals surface area contributed by atoms with Crippen molar-refractivity contribution in [2.45, 2.75) is 17.9 Å². The molecule has 0 saturated carbocycles. The number of hydrogen-bond acceptors (Lipinski definition) is 2. The quantitative estimate of drug-likeness (QED) is 0.805. The third kappa shape index (κ3) is 2.86. The molecule has 0 spiro atoms. The molecule has 0 saturated heterocycles. The van der Waals surface area contributed by atoms with Gasteiger partial charge >= 0.3 is 0 Å². The van der Waals surface area contributed by atoms with Crippen LogP contribution in [0.3, 0.4) is 0 Å². The zero-order valence-electron chi connectivity index (χ0n) is 11.9. The molecule has 3 nitrogen and oxygen atoms in total. The third-order valence-corrected chi connectivity index (χ3v) is 5.43. The molecule has 0 bridgehead atoms. The number of hydrogen-bond donors (Lipinski definition) is 0. The van der Waals surface area contributed by atoms with E-state index in [4.69, 9.17) is 0 Å². The summed E-state index contributed by atoms with van der Waals surface area (Å²) in [5.74, 6) is -4.95. The Morgan fingerprint density at radius 2 is 1.55 bits per heavy atom. The van der Waals surface area contributed by atoms with Crippen molar-refractivity contribution >= 4 is 10.0 Å². The average molecular weight is 329 g/mol. The summed E-state index contributed by atoms with van der Waals surface area (Å²) in [6.07, 6.45) is 0. The molecule has 2 aromatic carbocycles. The second-order valence-electron chi connectivity index (χ2n) is 4.78. The molecule has 7 heteroatoms. The van der Waals surface area contributed by atoms with Crippen molar-refractivity contribution in [1.29, 1.82) is 0 Å². The Bertz CT molecular complexity index is 779. The van der Waals surface area contributed by atoms with Crippen LogP contribution in [-0.4, -0.2) is 19.8 Å². The van der Waals surface area contributed by atoms with E-state index in [0.717, 1.165) is 10.4 Å². The Kier molecular flexibility index (Phi) is 4.58. The summed E-state index contributed by atoms with van der Waals surface area (Å²) < 4.78 is 65.8. The fraction of sp³-hybridized carbons (Fsp3) is 0.200. The van der Waals surface area contributed by atoms with E-state index in [1.807, 2.05) is 0 Å². The number of sulfonamides is 1. The Hall–Kier alpha value is -1.86. The van der Waals surface area contributed by atoms with E-state index < -0.39 is 38.4 Å². The molecule has 0 aromatic heterocycles. The van der Waals surface area contributed by atoms with Crippen LogP contribution < -0.4 is 0 Å². The maximum absolute atomic E-state index is 13.8.